The monoisotopic (exact) mass is 544 g/mol. The van der Waals surface area contributed by atoms with Gasteiger partial charge in [0.1, 0.15) is 18.2 Å². The Morgan fingerprint density at radius 1 is 1.11 bits per heavy atom. The molecule has 3 heterocycles. The first-order chi connectivity index (χ1) is 18.2. The Morgan fingerprint density at radius 2 is 1.92 bits per heavy atom. The van der Waals surface area contributed by atoms with E-state index in [0.29, 0.717) is 23.3 Å². The van der Waals surface area contributed by atoms with Crippen LogP contribution in [0.4, 0.5) is 41.7 Å². The fourth-order valence-electron chi connectivity index (χ4n) is 4.39. The number of rotatable bonds is 5. The predicted octanol–water partition coefficient (Wildman–Crippen LogP) is 5.11. The molecule has 8 nitrogen and oxygen atoms in total. The highest BCUT2D eigenvalue weighted by Gasteiger charge is 2.35. The Morgan fingerprint density at radius 3 is 2.71 bits per heavy atom. The lowest BCUT2D eigenvalue weighted by molar-refractivity contribution is -0.137. The van der Waals surface area contributed by atoms with Gasteiger partial charge in [-0.3, -0.25) is 4.79 Å². The summed E-state index contributed by atoms with van der Waals surface area (Å²) in [5, 5.41) is 8.68. The minimum Gasteiger partial charge on any atom is -0.490 e. The number of likely N-dealkylation sites (N-methyl/N-ethyl adjacent to an activating group) is 1. The number of pyridine rings is 1. The summed E-state index contributed by atoms with van der Waals surface area (Å²) < 4.78 is 49.8. The second-order valence-corrected chi connectivity index (χ2v) is 10.4. The van der Waals surface area contributed by atoms with Gasteiger partial charge >= 0.3 is 6.18 Å². The van der Waals surface area contributed by atoms with Crippen LogP contribution in [0.25, 0.3) is 0 Å². The van der Waals surface area contributed by atoms with E-state index < -0.39 is 17.6 Å². The van der Waals surface area contributed by atoms with Crippen LogP contribution in [0.1, 0.15) is 15.9 Å². The molecule has 5 rings (SSSR count). The van der Waals surface area contributed by atoms with Crippen LogP contribution in [-0.4, -0.2) is 61.4 Å². The van der Waals surface area contributed by atoms with Gasteiger partial charge in [0, 0.05) is 50.7 Å². The van der Waals surface area contributed by atoms with Crippen LogP contribution in [-0.2, 0) is 6.18 Å². The summed E-state index contributed by atoms with van der Waals surface area (Å²) in [7, 11) is 3.56. The number of alkyl halides is 3. The Bertz CT molecular complexity index is 1340. The van der Waals surface area contributed by atoms with Gasteiger partial charge in [-0.2, -0.15) is 13.2 Å². The predicted molar refractivity (Wildman–Crippen MR) is 144 cm³/mol. The zero-order valence-electron chi connectivity index (χ0n) is 20.8. The van der Waals surface area contributed by atoms with Gasteiger partial charge in [0.2, 0.25) is 0 Å². The number of carbonyl (C=O) groups excluding carboxylic acids is 1. The Hall–Kier alpha value is -3.64. The van der Waals surface area contributed by atoms with E-state index >= 15 is 0 Å². The van der Waals surface area contributed by atoms with Crippen molar-refractivity contribution in [2.45, 2.75) is 11.4 Å². The summed E-state index contributed by atoms with van der Waals surface area (Å²) in [5.41, 5.74) is 0.883. The molecule has 2 aromatic carbocycles. The molecule has 2 aliphatic rings. The number of benzene rings is 2. The zero-order valence-corrected chi connectivity index (χ0v) is 21.6. The molecule has 2 aliphatic heterocycles. The summed E-state index contributed by atoms with van der Waals surface area (Å²) in [6, 6.07) is 13.3. The van der Waals surface area contributed by atoms with Crippen LogP contribution in [0.3, 0.4) is 0 Å². The van der Waals surface area contributed by atoms with E-state index in [0.717, 1.165) is 31.5 Å². The topological polar surface area (TPSA) is 81.8 Å². The summed E-state index contributed by atoms with van der Waals surface area (Å²) in [6.07, 6.45) is -3.87. The van der Waals surface area contributed by atoms with Gasteiger partial charge in [-0.25, -0.2) is 4.98 Å². The number of halogens is 3. The van der Waals surface area contributed by atoms with Crippen LogP contribution < -0.4 is 25.0 Å². The number of para-hydroxylation sites is 1. The molecule has 1 amide bonds. The highest BCUT2D eigenvalue weighted by molar-refractivity contribution is 8.01. The molecule has 3 aromatic rings. The molecule has 1 saturated heterocycles. The minimum atomic E-state index is -4.65. The molecule has 12 heteroatoms. The van der Waals surface area contributed by atoms with Crippen LogP contribution >= 0.6 is 11.9 Å². The van der Waals surface area contributed by atoms with Gasteiger partial charge in [0.25, 0.3) is 5.91 Å². The highest BCUT2D eigenvalue weighted by Crippen LogP contribution is 2.41. The van der Waals surface area contributed by atoms with Crippen molar-refractivity contribution in [3.05, 3.63) is 65.9 Å². The Labute approximate surface area is 222 Å². The van der Waals surface area contributed by atoms with Gasteiger partial charge in [-0.1, -0.05) is 12.1 Å². The van der Waals surface area contributed by atoms with Crippen molar-refractivity contribution in [2.24, 2.45) is 0 Å². The Balaban J connectivity index is 1.43. The van der Waals surface area contributed by atoms with E-state index in [9.17, 15) is 18.0 Å². The van der Waals surface area contributed by atoms with E-state index in [2.05, 4.69) is 37.2 Å². The molecule has 1 aromatic heterocycles. The van der Waals surface area contributed by atoms with Crippen molar-refractivity contribution >= 4 is 46.4 Å². The third-order valence-corrected chi connectivity index (χ3v) is 7.50. The zero-order chi connectivity index (χ0) is 26.9. The van der Waals surface area contributed by atoms with Crippen molar-refractivity contribution in [3.8, 4) is 5.75 Å². The van der Waals surface area contributed by atoms with Gasteiger partial charge in [0.05, 0.1) is 33.4 Å². The summed E-state index contributed by atoms with van der Waals surface area (Å²) in [6.45, 7) is 3.28. The largest absolute Gasteiger partial charge is 0.490 e. The molecule has 0 spiro atoms. The molecule has 0 radical (unpaired) electrons. The molecular formula is C26H27F3N6O2S. The molecule has 0 unspecified atom stereocenters. The summed E-state index contributed by atoms with van der Waals surface area (Å²) in [5.74, 6) is 0.498. The molecule has 200 valence electrons. The number of hydrogen-bond donors (Lipinski definition) is 3. The van der Waals surface area contributed by atoms with Crippen LogP contribution in [0.5, 0.6) is 5.75 Å². The Kier molecular flexibility index (Phi) is 7.26. The van der Waals surface area contributed by atoms with Crippen molar-refractivity contribution in [1.82, 2.24) is 15.2 Å². The standard InChI is InChI=1S/C26H27F3N6O2S/c1-30-25(36)18-5-3-4-6-20(18)33-21-12-24(31-13-19(21)26(27,28)29)32-16-7-8-22-23(11-16)37-15-17-14-34(2)9-10-35(22)38-17/h3-8,11-13,17H,9-10,14-15H2,1-2H3,(H,30,36)(H2,31,32,33)/t17-/m0/s1. The van der Waals surface area contributed by atoms with Crippen LogP contribution in [0.2, 0.25) is 0 Å². The fraction of sp³-hybridized carbons (Fsp3) is 0.308. The first-order valence-electron chi connectivity index (χ1n) is 12.0. The molecule has 2 bridgehead atoms. The number of ether oxygens (including phenoxy) is 1. The number of aromatic nitrogens is 1. The molecule has 0 saturated carbocycles. The van der Waals surface area contributed by atoms with E-state index in [1.807, 2.05) is 18.2 Å². The van der Waals surface area contributed by atoms with E-state index in [4.69, 9.17) is 4.74 Å². The minimum absolute atomic E-state index is 0.207. The lowest BCUT2D eigenvalue weighted by Crippen LogP contribution is -2.30. The van der Waals surface area contributed by atoms with Gasteiger partial charge in [-0.05, 0) is 43.3 Å². The smallest absolute Gasteiger partial charge is 0.419 e. The third kappa shape index (κ3) is 5.60. The first kappa shape index (κ1) is 26.0. The third-order valence-electron chi connectivity index (χ3n) is 6.28. The average molecular weight is 545 g/mol. The molecule has 1 atom stereocenters. The first-order valence-corrected chi connectivity index (χ1v) is 12.9. The second kappa shape index (κ2) is 10.6. The second-order valence-electron chi connectivity index (χ2n) is 9.07. The fourth-order valence-corrected chi connectivity index (χ4v) is 5.66. The number of nitrogens with one attached hydrogen (secondary N) is 3. The number of carbonyl (C=O) groups is 1. The number of anilines is 5. The quantitative estimate of drug-likeness (QED) is 0.383. The molecule has 38 heavy (non-hydrogen) atoms. The van der Waals surface area contributed by atoms with Crippen molar-refractivity contribution in [1.29, 1.82) is 0 Å². The number of hydrogen-bond acceptors (Lipinski definition) is 8. The van der Waals surface area contributed by atoms with Gasteiger partial charge in [-0.15, -0.1) is 0 Å². The molecule has 3 N–H and O–H groups in total. The molecule has 1 fully saturated rings. The van der Waals surface area contributed by atoms with Crippen LogP contribution in [0.15, 0.2) is 54.7 Å². The maximum Gasteiger partial charge on any atom is 0.419 e. The summed E-state index contributed by atoms with van der Waals surface area (Å²) in [4.78, 5) is 18.5. The SMILES string of the molecule is CNC(=O)c1ccccc1Nc1cc(Nc2ccc3c(c2)OC[C@@H]2CN(C)CCN3S2)ncc1C(F)(F)F. The lowest BCUT2D eigenvalue weighted by atomic mass is 10.1. The highest BCUT2D eigenvalue weighted by atomic mass is 32.2. The van der Waals surface area contributed by atoms with E-state index in [1.165, 1.54) is 19.2 Å². The average Bonchev–Trinajstić information content (AvgIpc) is 3.18. The molecular weight excluding hydrogens is 517 g/mol. The van der Waals surface area contributed by atoms with Crippen LogP contribution in [0, 0.1) is 0 Å². The number of fused-ring (bicyclic) bond motifs is 4. The molecule has 0 aliphatic carbocycles. The summed E-state index contributed by atoms with van der Waals surface area (Å²) >= 11 is 1.77. The van der Waals surface area contributed by atoms with E-state index in [1.54, 1.807) is 30.1 Å². The van der Waals surface area contributed by atoms with E-state index in [-0.39, 0.29) is 22.8 Å². The van der Waals surface area contributed by atoms with Gasteiger partial charge < -0.3 is 29.9 Å². The van der Waals surface area contributed by atoms with Gasteiger partial charge in [0.15, 0.2) is 0 Å². The maximum absolute atomic E-state index is 13.8. The van der Waals surface area contributed by atoms with Crippen molar-refractivity contribution in [2.75, 3.05) is 55.3 Å². The van der Waals surface area contributed by atoms with Crippen molar-refractivity contribution < 1.29 is 22.7 Å². The maximum atomic E-state index is 13.8. The number of nitrogens with zero attached hydrogens (tertiary/aromatic N) is 3. The number of amides is 1. The normalized spacial score (nSPS) is 17.5. The van der Waals surface area contributed by atoms with Crippen molar-refractivity contribution in [3.63, 3.8) is 0 Å². The lowest BCUT2D eigenvalue weighted by Gasteiger charge is -2.22.